The normalized spacial score (nSPS) is 13.3. The fourth-order valence-corrected chi connectivity index (χ4v) is 3.54. The third-order valence-corrected chi connectivity index (χ3v) is 4.92. The fourth-order valence-electron chi connectivity index (χ4n) is 2.70. The van der Waals surface area contributed by atoms with Gasteiger partial charge in [-0.15, -0.1) is 10.2 Å². The van der Waals surface area contributed by atoms with Crippen LogP contribution in [0.1, 0.15) is 37.0 Å². The molecular weight excluding hydrogens is 354 g/mol. The van der Waals surface area contributed by atoms with E-state index in [0.717, 1.165) is 15.8 Å². The standard InChI is InChI=1S/C17H19N5O3S/c1-10(2)16-19-20-17-22(16)21-15(26-17)6-5-14(23)18-11-3-4-12-13(9-11)25-8-7-24-12/h3-4,9-10H,5-8H2,1-2H3,(H,18,23). The molecule has 0 radical (unpaired) electrons. The van der Waals surface area contributed by atoms with Gasteiger partial charge < -0.3 is 14.8 Å². The lowest BCUT2D eigenvalue weighted by Gasteiger charge is -2.18. The predicted octanol–water partition coefficient (Wildman–Crippen LogP) is 2.65. The molecule has 4 rings (SSSR count). The molecule has 1 aliphatic heterocycles. The summed E-state index contributed by atoms with van der Waals surface area (Å²) in [5, 5.41) is 16.6. The Hall–Kier alpha value is -2.68. The largest absolute Gasteiger partial charge is 0.486 e. The summed E-state index contributed by atoms with van der Waals surface area (Å²) in [6, 6.07) is 5.40. The first-order chi connectivity index (χ1) is 12.6. The number of rotatable bonds is 5. The number of fused-ring (bicyclic) bond motifs is 2. The maximum absolute atomic E-state index is 12.2. The molecule has 1 aromatic carbocycles. The van der Waals surface area contributed by atoms with Gasteiger partial charge in [0.2, 0.25) is 10.9 Å². The summed E-state index contributed by atoms with van der Waals surface area (Å²) in [6.45, 7) is 5.17. The van der Waals surface area contributed by atoms with Crippen LogP contribution in [0.4, 0.5) is 5.69 Å². The van der Waals surface area contributed by atoms with E-state index in [-0.39, 0.29) is 11.8 Å². The quantitative estimate of drug-likeness (QED) is 0.739. The predicted molar refractivity (Wildman–Crippen MR) is 97.1 cm³/mol. The summed E-state index contributed by atoms with van der Waals surface area (Å²) >= 11 is 1.46. The van der Waals surface area contributed by atoms with Crippen molar-refractivity contribution in [2.75, 3.05) is 18.5 Å². The van der Waals surface area contributed by atoms with E-state index in [9.17, 15) is 4.79 Å². The van der Waals surface area contributed by atoms with Crippen LogP contribution in [0.25, 0.3) is 4.96 Å². The molecule has 3 heterocycles. The Labute approximate surface area is 154 Å². The topological polar surface area (TPSA) is 90.6 Å². The van der Waals surface area contributed by atoms with E-state index in [1.807, 2.05) is 6.07 Å². The lowest BCUT2D eigenvalue weighted by Crippen LogP contribution is -2.16. The third-order valence-electron chi connectivity index (χ3n) is 3.97. The summed E-state index contributed by atoms with van der Waals surface area (Å²) in [7, 11) is 0. The second kappa shape index (κ2) is 6.91. The third kappa shape index (κ3) is 3.34. The Morgan fingerprint density at radius 3 is 2.88 bits per heavy atom. The fraction of sp³-hybridized carbons (Fsp3) is 0.412. The van der Waals surface area contributed by atoms with Gasteiger partial charge in [-0.1, -0.05) is 25.2 Å². The smallest absolute Gasteiger partial charge is 0.234 e. The molecule has 8 nitrogen and oxygen atoms in total. The molecule has 0 saturated heterocycles. The second-order valence-electron chi connectivity index (χ2n) is 6.31. The van der Waals surface area contributed by atoms with Crippen LogP contribution in [-0.4, -0.2) is 38.9 Å². The number of nitrogens with zero attached hydrogens (tertiary/aromatic N) is 4. The molecule has 26 heavy (non-hydrogen) atoms. The number of hydrogen-bond acceptors (Lipinski definition) is 7. The molecule has 0 aliphatic carbocycles. The van der Waals surface area contributed by atoms with Crippen LogP contribution in [-0.2, 0) is 11.2 Å². The summed E-state index contributed by atoms with van der Waals surface area (Å²) in [4.78, 5) is 13.0. The van der Waals surface area contributed by atoms with Gasteiger partial charge in [-0.05, 0) is 12.1 Å². The minimum Gasteiger partial charge on any atom is -0.486 e. The van der Waals surface area contributed by atoms with Gasteiger partial charge in [0.25, 0.3) is 0 Å². The molecule has 0 atom stereocenters. The van der Waals surface area contributed by atoms with Crippen molar-refractivity contribution in [2.24, 2.45) is 0 Å². The molecule has 1 aliphatic rings. The Kier molecular flexibility index (Phi) is 4.46. The van der Waals surface area contributed by atoms with Crippen molar-refractivity contribution in [3.8, 4) is 11.5 Å². The van der Waals surface area contributed by atoms with Crippen molar-refractivity contribution in [3.63, 3.8) is 0 Å². The number of hydrogen-bond donors (Lipinski definition) is 1. The van der Waals surface area contributed by atoms with E-state index in [4.69, 9.17) is 9.47 Å². The van der Waals surface area contributed by atoms with Gasteiger partial charge in [-0.25, -0.2) is 0 Å². The first kappa shape index (κ1) is 16.8. The highest BCUT2D eigenvalue weighted by atomic mass is 32.1. The SMILES string of the molecule is CC(C)c1nnc2sc(CCC(=O)Nc3ccc4c(c3)OCCO4)nn12. The average molecular weight is 373 g/mol. The highest BCUT2D eigenvalue weighted by Gasteiger charge is 2.16. The minimum absolute atomic E-state index is 0.0725. The number of benzene rings is 1. The molecular formula is C17H19N5O3S. The number of aromatic nitrogens is 4. The van der Waals surface area contributed by atoms with E-state index in [1.165, 1.54) is 11.3 Å². The van der Waals surface area contributed by atoms with Crippen LogP contribution in [0.15, 0.2) is 18.2 Å². The van der Waals surface area contributed by atoms with Crippen molar-refractivity contribution in [2.45, 2.75) is 32.6 Å². The number of nitrogens with one attached hydrogen (secondary N) is 1. The minimum atomic E-state index is -0.0725. The van der Waals surface area contributed by atoms with Crippen molar-refractivity contribution in [1.29, 1.82) is 0 Å². The number of amides is 1. The van der Waals surface area contributed by atoms with Gasteiger partial charge in [0, 0.05) is 30.5 Å². The Morgan fingerprint density at radius 1 is 1.27 bits per heavy atom. The van der Waals surface area contributed by atoms with Crippen molar-refractivity contribution >= 4 is 27.9 Å². The van der Waals surface area contributed by atoms with Gasteiger partial charge in [0.15, 0.2) is 17.3 Å². The van der Waals surface area contributed by atoms with Gasteiger partial charge in [-0.2, -0.15) is 9.61 Å². The zero-order valence-corrected chi connectivity index (χ0v) is 15.4. The molecule has 0 fully saturated rings. The lowest BCUT2D eigenvalue weighted by molar-refractivity contribution is -0.116. The van der Waals surface area contributed by atoms with E-state index >= 15 is 0 Å². The van der Waals surface area contributed by atoms with Crippen LogP contribution in [0.3, 0.4) is 0 Å². The van der Waals surface area contributed by atoms with E-state index < -0.39 is 0 Å². The van der Waals surface area contributed by atoms with Crippen molar-refractivity contribution < 1.29 is 14.3 Å². The first-order valence-corrected chi connectivity index (χ1v) is 9.32. The van der Waals surface area contributed by atoms with Crippen LogP contribution >= 0.6 is 11.3 Å². The molecule has 1 amide bonds. The van der Waals surface area contributed by atoms with Crippen LogP contribution < -0.4 is 14.8 Å². The zero-order chi connectivity index (χ0) is 18.1. The molecule has 3 aromatic rings. The van der Waals surface area contributed by atoms with E-state index in [2.05, 4.69) is 34.5 Å². The van der Waals surface area contributed by atoms with Gasteiger partial charge >= 0.3 is 0 Å². The number of anilines is 1. The van der Waals surface area contributed by atoms with Crippen LogP contribution in [0, 0.1) is 0 Å². The number of aryl methyl sites for hydroxylation is 1. The summed E-state index contributed by atoms with van der Waals surface area (Å²) < 4.78 is 12.8. The van der Waals surface area contributed by atoms with E-state index in [0.29, 0.717) is 43.2 Å². The van der Waals surface area contributed by atoms with Crippen LogP contribution in [0.2, 0.25) is 0 Å². The molecule has 0 unspecified atom stereocenters. The maximum Gasteiger partial charge on any atom is 0.234 e. The number of carbonyl (C=O) groups is 1. The van der Waals surface area contributed by atoms with Gasteiger partial charge in [-0.3, -0.25) is 4.79 Å². The van der Waals surface area contributed by atoms with Crippen molar-refractivity contribution in [1.82, 2.24) is 19.8 Å². The highest BCUT2D eigenvalue weighted by Crippen LogP contribution is 2.32. The molecule has 1 N–H and O–H groups in total. The maximum atomic E-state index is 12.2. The summed E-state index contributed by atoms with van der Waals surface area (Å²) in [5.74, 6) is 2.37. The average Bonchev–Trinajstić information content (AvgIpc) is 3.20. The number of carbonyl (C=O) groups excluding carboxylic acids is 1. The monoisotopic (exact) mass is 373 g/mol. The molecule has 0 bridgehead atoms. The van der Waals surface area contributed by atoms with Gasteiger partial charge in [0.05, 0.1) is 0 Å². The first-order valence-electron chi connectivity index (χ1n) is 8.50. The molecule has 2 aromatic heterocycles. The second-order valence-corrected chi connectivity index (χ2v) is 7.35. The van der Waals surface area contributed by atoms with E-state index in [1.54, 1.807) is 16.6 Å². The summed E-state index contributed by atoms with van der Waals surface area (Å²) in [5.41, 5.74) is 0.694. The number of ether oxygens (including phenoxy) is 2. The van der Waals surface area contributed by atoms with Gasteiger partial charge in [0.1, 0.15) is 18.2 Å². The van der Waals surface area contributed by atoms with Crippen LogP contribution in [0.5, 0.6) is 11.5 Å². The summed E-state index contributed by atoms with van der Waals surface area (Å²) in [6.07, 6.45) is 0.900. The molecule has 0 spiro atoms. The Balaban J connectivity index is 1.38. The Morgan fingerprint density at radius 2 is 2.08 bits per heavy atom. The highest BCUT2D eigenvalue weighted by molar-refractivity contribution is 7.16. The molecule has 0 saturated carbocycles. The Bertz CT molecular complexity index is 949. The molecule has 136 valence electrons. The molecule has 9 heteroatoms. The van der Waals surface area contributed by atoms with Crippen molar-refractivity contribution in [3.05, 3.63) is 29.0 Å². The lowest BCUT2D eigenvalue weighted by atomic mass is 10.2. The zero-order valence-electron chi connectivity index (χ0n) is 14.6.